The maximum absolute atomic E-state index is 11.8. The predicted octanol–water partition coefficient (Wildman–Crippen LogP) is 1.87. The van der Waals surface area contributed by atoms with E-state index in [9.17, 15) is 9.59 Å². The van der Waals surface area contributed by atoms with Gasteiger partial charge in [0.2, 0.25) is 5.78 Å². The van der Waals surface area contributed by atoms with Gasteiger partial charge in [0.15, 0.2) is 0 Å². The molecule has 0 unspecified atom stereocenters. The van der Waals surface area contributed by atoms with Crippen LogP contribution in [0.3, 0.4) is 0 Å². The molecule has 1 aromatic carbocycles. The third-order valence-corrected chi connectivity index (χ3v) is 1.88. The largest absolute Gasteiger partial charge is 0.500 e. The van der Waals surface area contributed by atoms with Crippen molar-refractivity contribution in [2.75, 3.05) is 6.61 Å². The number of carboxylic acid groups (broad SMARTS) is 1. The molecule has 0 aliphatic rings. The fraction of sp³-hybridized carbons (Fsp3) is 0.167. The van der Waals surface area contributed by atoms with E-state index in [1.165, 1.54) is 0 Å². The number of hydrogen-bond donors (Lipinski definition) is 1. The number of aliphatic carboxylic acids is 1. The van der Waals surface area contributed by atoms with Crippen molar-refractivity contribution in [1.82, 2.24) is 0 Å². The number of hydrogen-bond acceptors (Lipinski definition) is 3. The molecule has 0 radical (unpaired) electrons. The Labute approximate surface area is 93.2 Å². The van der Waals surface area contributed by atoms with Crippen molar-refractivity contribution >= 4 is 11.8 Å². The summed E-state index contributed by atoms with van der Waals surface area (Å²) in [4.78, 5) is 22.6. The maximum Gasteiger partial charge on any atom is 0.342 e. The van der Waals surface area contributed by atoms with E-state index in [4.69, 9.17) is 9.84 Å². The maximum atomic E-state index is 11.8. The minimum absolute atomic E-state index is 0.318. The molecule has 84 valence electrons. The van der Waals surface area contributed by atoms with Gasteiger partial charge in [-0.25, -0.2) is 4.79 Å². The van der Waals surface area contributed by atoms with E-state index < -0.39 is 11.8 Å². The normalized spacial score (nSPS) is 10.9. The highest BCUT2D eigenvalue weighted by Crippen LogP contribution is 2.08. The van der Waals surface area contributed by atoms with Crippen LogP contribution in [0, 0.1) is 0 Å². The average Bonchev–Trinajstić information content (AvgIpc) is 2.30. The lowest BCUT2D eigenvalue weighted by atomic mass is 10.1. The molecule has 0 spiro atoms. The van der Waals surface area contributed by atoms with Crippen molar-refractivity contribution in [3.63, 3.8) is 0 Å². The fourth-order valence-corrected chi connectivity index (χ4v) is 1.11. The Morgan fingerprint density at radius 1 is 1.31 bits per heavy atom. The molecular formula is C12H12O4. The van der Waals surface area contributed by atoms with Gasteiger partial charge in [-0.3, -0.25) is 4.79 Å². The minimum Gasteiger partial charge on any atom is -0.500 e. The third-order valence-electron chi connectivity index (χ3n) is 1.88. The Morgan fingerprint density at radius 2 is 1.94 bits per heavy atom. The zero-order valence-electron chi connectivity index (χ0n) is 8.84. The van der Waals surface area contributed by atoms with Gasteiger partial charge in [0, 0.05) is 5.56 Å². The zero-order chi connectivity index (χ0) is 12.0. The lowest BCUT2D eigenvalue weighted by Gasteiger charge is -2.02. The van der Waals surface area contributed by atoms with Crippen LogP contribution >= 0.6 is 0 Å². The highest BCUT2D eigenvalue weighted by atomic mass is 16.5. The Balaban J connectivity index is 2.97. The lowest BCUT2D eigenvalue weighted by Crippen LogP contribution is -2.13. The van der Waals surface area contributed by atoms with E-state index in [2.05, 4.69) is 0 Å². The quantitative estimate of drug-likeness (QED) is 0.270. The van der Waals surface area contributed by atoms with Crippen molar-refractivity contribution in [3.8, 4) is 0 Å². The van der Waals surface area contributed by atoms with Crippen LogP contribution in [-0.4, -0.2) is 23.5 Å². The second-order valence-electron chi connectivity index (χ2n) is 2.99. The number of rotatable bonds is 5. The first-order valence-electron chi connectivity index (χ1n) is 4.81. The van der Waals surface area contributed by atoms with Crippen molar-refractivity contribution in [2.24, 2.45) is 0 Å². The van der Waals surface area contributed by atoms with Crippen molar-refractivity contribution in [1.29, 1.82) is 0 Å². The Kier molecular flexibility index (Phi) is 4.27. The van der Waals surface area contributed by atoms with Gasteiger partial charge in [0.05, 0.1) is 6.61 Å². The molecule has 16 heavy (non-hydrogen) atoms. The molecule has 1 rings (SSSR count). The van der Waals surface area contributed by atoms with Gasteiger partial charge in [-0.05, 0) is 6.92 Å². The Bertz CT molecular complexity index is 406. The van der Waals surface area contributed by atoms with Crippen LogP contribution in [0.5, 0.6) is 0 Å². The third kappa shape index (κ3) is 2.95. The summed E-state index contributed by atoms with van der Waals surface area (Å²) in [6, 6.07) is 8.22. The number of carbonyl (C=O) groups is 2. The molecule has 0 heterocycles. The van der Waals surface area contributed by atoms with E-state index in [1.54, 1.807) is 37.3 Å². The Morgan fingerprint density at radius 3 is 2.44 bits per heavy atom. The molecule has 0 fully saturated rings. The summed E-state index contributed by atoms with van der Waals surface area (Å²) >= 11 is 0. The highest BCUT2D eigenvalue weighted by molar-refractivity contribution is 6.23. The van der Waals surface area contributed by atoms with Crippen LogP contribution < -0.4 is 0 Å². The number of ketones is 1. The number of carbonyl (C=O) groups excluding carboxylic acids is 1. The Hall–Kier alpha value is -2.10. The summed E-state index contributed by atoms with van der Waals surface area (Å²) in [5, 5.41) is 8.86. The molecule has 0 bridgehead atoms. The second-order valence-corrected chi connectivity index (χ2v) is 2.99. The number of Topliss-reactive ketones (excluding diaryl/α,β-unsaturated/α-hetero) is 1. The summed E-state index contributed by atoms with van der Waals surface area (Å²) in [5.41, 5.74) is -0.0381. The minimum atomic E-state index is -1.29. The van der Waals surface area contributed by atoms with Crippen LogP contribution in [0.25, 0.3) is 0 Å². The van der Waals surface area contributed by atoms with Gasteiger partial charge in [-0.15, -0.1) is 0 Å². The van der Waals surface area contributed by atoms with Crippen molar-refractivity contribution in [2.45, 2.75) is 6.92 Å². The van der Waals surface area contributed by atoms with Gasteiger partial charge in [-0.2, -0.15) is 0 Å². The monoisotopic (exact) mass is 220 g/mol. The summed E-state index contributed by atoms with van der Waals surface area (Å²) in [6.07, 6.45) is 0.984. The van der Waals surface area contributed by atoms with Crippen molar-refractivity contribution in [3.05, 3.63) is 47.7 Å². The highest BCUT2D eigenvalue weighted by Gasteiger charge is 2.19. The molecule has 0 atom stereocenters. The summed E-state index contributed by atoms with van der Waals surface area (Å²) in [6.45, 7) is 2.03. The first-order chi connectivity index (χ1) is 7.66. The molecule has 4 heteroatoms. The van der Waals surface area contributed by atoms with E-state index in [0.29, 0.717) is 12.2 Å². The van der Waals surface area contributed by atoms with Gasteiger partial charge >= 0.3 is 5.97 Å². The zero-order valence-corrected chi connectivity index (χ0v) is 8.84. The molecule has 0 aliphatic carbocycles. The van der Waals surface area contributed by atoms with E-state index in [0.717, 1.165) is 6.26 Å². The van der Waals surface area contributed by atoms with Gasteiger partial charge in [-0.1, -0.05) is 30.3 Å². The molecule has 0 aliphatic heterocycles. The van der Waals surface area contributed by atoms with Gasteiger partial charge in [0.1, 0.15) is 11.8 Å². The number of ether oxygens (including phenoxy) is 1. The van der Waals surface area contributed by atoms with E-state index in [-0.39, 0.29) is 5.57 Å². The van der Waals surface area contributed by atoms with Crippen LogP contribution in [0.1, 0.15) is 17.3 Å². The van der Waals surface area contributed by atoms with Gasteiger partial charge < -0.3 is 9.84 Å². The average molecular weight is 220 g/mol. The second kappa shape index (κ2) is 5.70. The molecule has 0 aromatic heterocycles. The van der Waals surface area contributed by atoms with Gasteiger partial charge in [0.25, 0.3) is 0 Å². The van der Waals surface area contributed by atoms with Crippen LogP contribution in [-0.2, 0) is 9.53 Å². The standard InChI is InChI=1S/C12H12O4/c1-2-16-8-10(12(14)15)11(13)9-6-4-3-5-7-9/h3-8H,2H2,1H3,(H,14,15). The first kappa shape index (κ1) is 12.0. The van der Waals surface area contributed by atoms with Crippen LogP contribution in [0.2, 0.25) is 0 Å². The fourth-order valence-electron chi connectivity index (χ4n) is 1.11. The molecule has 0 saturated heterocycles. The summed E-state index contributed by atoms with van der Waals surface area (Å²) in [5.74, 6) is -1.84. The number of benzene rings is 1. The topological polar surface area (TPSA) is 63.6 Å². The smallest absolute Gasteiger partial charge is 0.342 e. The molecule has 4 nitrogen and oxygen atoms in total. The molecule has 1 N–H and O–H groups in total. The molecule has 0 saturated carbocycles. The van der Waals surface area contributed by atoms with Crippen molar-refractivity contribution < 1.29 is 19.4 Å². The first-order valence-corrected chi connectivity index (χ1v) is 4.81. The van der Waals surface area contributed by atoms with Crippen LogP contribution in [0.15, 0.2) is 42.2 Å². The summed E-state index contributed by atoms with van der Waals surface area (Å²) in [7, 11) is 0. The predicted molar refractivity (Wildman–Crippen MR) is 58.1 cm³/mol. The lowest BCUT2D eigenvalue weighted by molar-refractivity contribution is -0.132. The number of carboxylic acids is 1. The SMILES string of the molecule is CCOC=C(C(=O)O)C(=O)c1ccccc1. The van der Waals surface area contributed by atoms with Crippen LogP contribution in [0.4, 0.5) is 0 Å². The van der Waals surface area contributed by atoms with E-state index in [1.807, 2.05) is 0 Å². The molecule has 1 aromatic rings. The van der Waals surface area contributed by atoms with E-state index >= 15 is 0 Å². The summed E-state index contributed by atoms with van der Waals surface area (Å²) < 4.78 is 4.84. The molecule has 0 amide bonds. The molecular weight excluding hydrogens is 208 g/mol.